The Bertz CT molecular complexity index is 715. The van der Waals surface area contributed by atoms with Gasteiger partial charge in [0.2, 0.25) is 0 Å². The zero-order valence-electron chi connectivity index (χ0n) is 12.1. The fraction of sp³-hybridized carbons (Fsp3) is 0.235. The summed E-state index contributed by atoms with van der Waals surface area (Å²) in [6, 6.07) is 11.8. The van der Waals surface area contributed by atoms with Gasteiger partial charge in [0, 0.05) is 0 Å². The number of halogens is 3. The van der Waals surface area contributed by atoms with Crippen LogP contribution in [0.4, 0.5) is 13.2 Å². The summed E-state index contributed by atoms with van der Waals surface area (Å²) in [5.74, 6) is 0.284. The summed E-state index contributed by atoms with van der Waals surface area (Å²) in [5, 5.41) is 9.07. The van der Waals surface area contributed by atoms with Crippen molar-refractivity contribution < 1.29 is 17.9 Å². The van der Waals surface area contributed by atoms with E-state index in [1.54, 1.807) is 19.9 Å². The van der Waals surface area contributed by atoms with E-state index in [9.17, 15) is 13.2 Å². The maximum atomic E-state index is 13.1. The number of hydrogen-bond acceptors (Lipinski definition) is 2. The van der Waals surface area contributed by atoms with Gasteiger partial charge in [-0.3, -0.25) is 0 Å². The van der Waals surface area contributed by atoms with Crippen LogP contribution >= 0.6 is 0 Å². The van der Waals surface area contributed by atoms with Crippen LogP contribution < -0.4 is 4.74 Å². The van der Waals surface area contributed by atoms with Gasteiger partial charge in [-0.05, 0) is 43.2 Å². The molecule has 0 spiro atoms. The zero-order chi connectivity index (χ0) is 16.3. The molecule has 0 heterocycles. The molecule has 0 atom stereocenters. The summed E-state index contributed by atoms with van der Waals surface area (Å²) in [5.41, 5.74) is 0.00724. The smallest absolute Gasteiger partial charge is 0.417 e. The van der Waals surface area contributed by atoms with Crippen molar-refractivity contribution in [3.63, 3.8) is 0 Å². The van der Waals surface area contributed by atoms with Gasteiger partial charge in [0.25, 0.3) is 0 Å². The van der Waals surface area contributed by atoms with Gasteiger partial charge in [-0.2, -0.15) is 18.4 Å². The number of alkyl halides is 3. The number of benzene rings is 2. The lowest BCUT2D eigenvalue weighted by Crippen LogP contribution is -2.08. The highest BCUT2D eigenvalue weighted by Gasteiger charge is 2.33. The lowest BCUT2D eigenvalue weighted by atomic mass is 9.98. The summed E-state index contributed by atoms with van der Waals surface area (Å²) < 4.78 is 44.8. The Labute approximate surface area is 126 Å². The first kappa shape index (κ1) is 15.9. The van der Waals surface area contributed by atoms with Crippen LogP contribution in [0.25, 0.3) is 11.1 Å². The van der Waals surface area contributed by atoms with E-state index in [0.29, 0.717) is 11.1 Å². The van der Waals surface area contributed by atoms with Crippen LogP contribution in [-0.2, 0) is 6.18 Å². The SMILES string of the molecule is CC(C)Oc1cc(-c2ccccc2C(F)(F)F)ccc1C#N. The molecule has 0 aliphatic heterocycles. The molecule has 0 amide bonds. The molecule has 0 saturated heterocycles. The maximum Gasteiger partial charge on any atom is 0.417 e. The standard InChI is InChI=1S/C17H14F3NO/c1-11(2)22-16-9-12(7-8-13(16)10-21)14-5-3-4-6-15(14)17(18,19)20/h3-9,11H,1-2H3. The second kappa shape index (κ2) is 6.10. The molecule has 5 heteroatoms. The molecule has 0 fully saturated rings. The van der Waals surface area contributed by atoms with Crippen LogP contribution in [0.15, 0.2) is 42.5 Å². The minimum atomic E-state index is -4.44. The molecule has 0 aromatic heterocycles. The molecule has 0 radical (unpaired) electrons. The van der Waals surface area contributed by atoms with E-state index in [4.69, 9.17) is 10.00 Å². The third-order valence-corrected chi connectivity index (χ3v) is 3.01. The molecule has 2 aromatic rings. The van der Waals surface area contributed by atoms with Crippen molar-refractivity contribution in [1.82, 2.24) is 0 Å². The van der Waals surface area contributed by atoms with Crippen LogP contribution in [0.1, 0.15) is 25.0 Å². The fourth-order valence-corrected chi connectivity index (χ4v) is 2.12. The first-order valence-electron chi connectivity index (χ1n) is 6.70. The maximum absolute atomic E-state index is 13.1. The third-order valence-electron chi connectivity index (χ3n) is 3.01. The van der Waals surface area contributed by atoms with E-state index in [2.05, 4.69) is 0 Å². The van der Waals surface area contributed by atoms with Crippen molar-refractivity contribution in [3.8, 4) is 22.9 Å². The van der Waals surface area contributed by atoms with E-state index in [-0.39, 0.29) is 17.4 Å². The summed E-state index contributed by atoms with van der Waals surface area (Å²) >= 11 is 0. The first-order valence-corrected chi connectivity index (χ1v) is 6.70. The van der Waals surface area contributed by atoms with Crippen molar-refractivity contribution in [2.45, 2.75) is 26.1 Å². The summed E-state index contributed by atoms with van der Waals surface area (Å²) in [4.78, 5) is 0. The Morgan fingerprint density at radius 3 is 2.36 bits per heavy atom. The summed E-state index contributed by atoms with van der Waals surface area (Å²) in [6.45, 7) is 3.58. The van der Waals surface area contributed by atoms with Gasteiger partial charge in [0.05, 0.1) is 17.2 Å². The number of hydrogen-bond donors (Lipinski definition) is 0. The van der Waals surface area contributed by atoms with Crippen LogP contribution in [0.2, 0.25) is 0 Å². The van der Waals surface area contributed by atoms with E-state index in [1.807, 2.05) is 6.07 Å². The molecule has 0 N–H and O–H groups in total. The Kier molecular flexibility index (Phi) is 4.41. The Hall–Kier alpha value is -2.48. The lowest BCUT2D eigenvalue weighted by molar-refractivity contribution is -0.137. The van der Waals surface area contributed by atoms with Gasteiger partial charge < -0.3 is 4.74 Å². The molecule has 0 unspecified atom stereocenters. The molecular weight excluding hydrogens is 291 g/mol. The van der Waals surface area contributed by atoms with Gasteiger partial charge in [-0.15, -0.1) is 0 Å². The number of ether oxygens (including phenoxy) is 1. The zero-order valence-corrected chi connectivity index (χ0v) is 12.1. The molecule has 0 saturated carbocycles. The quantitative estimate of drug-likeness (QED) is 0.796. The van der Waals surface area contributed by atoms with Gasteiger partial charge >= 0.3 is 6.18 Å². The summed E-state index contributed by atoms with van der Waals surface area (Å²) in [7, 11) is 0. The molecule has 2 rings (SSSR count). The second-order valence-electron chi connectivity index (χ2n) is 5.03. The topological polar surface area (TPSA) is 33.0 Å². The monoisotopic (exact) mass is 305 g/mol. The molecule has 2 nitrogen and oxygen atoms in total. The molecule has 0 aliphatic rings. The van der Waals surface area contributed by atoms with Crippen molar-refractivity contribution in [1.29, 1.82) is 5.26 Å². The Morgan fingerprint density at radius 2 is 1.77 bits per heavy atom. The van der Waals surface area contributed by atoms with Crippen molar-refractivity contribution in [2.24, 2.45) is 0 Å². The second-order valence-corrected chi connectivity index (χ2v) is 5.03. The van der Waals surface area contributed by atoms with E-state index in [1.165, 1.54) is 30.3 Å². The molecule has 114 valence electrons. The fourth-order valence-electron chi connectivity index (χ4n) is 2.12. The number of nitrogens with zero attached hydrogens (tertiary/aromatic N) is 1. The minimum Gasteiger partial charge on any atom is -0.490 e. The Morgan fingerprint density at radius 1 is 1.09 bits per heavy atom. The van der Waals surface area contributed by atoms with Crippen LogP contribution in [0.5, 0.6) is 5.75 Å². The van der Waals surface area contributed by atoms with Gasteiger partial charge in [0.15, 0.2) is 0 Å². The average molecular weight is 305 g/mol. The predicted molar refractivity (Wildman–Crippen MR) is 77.4 cm³/mol. The van der Waals surface area contributed by atoms with Crippen LogP contribution in [0, 0.1) is 11.3 Å². The number of nitriles is 1. The average Bonchev–Trinajstić information content (AvgIpc) is 2.45. The Balaban J connectivity index is 2.58. The first-order chi connectivity index (χ1) is 10.3. The highest BCUT2D eigenvalue weighted by molar-refractivity contribution is 5.71. The molecule has 22 heavy (non-hydrogen) atoms. The van der Waals surface area contributed by atoms with Crippen LogP contribution in [-0.4, -0.2) is 6.10 Å². The molecule has 2 aromatic carbocycles. The van der Waals surface area contributed by atoms with Crippen molar-refractivity contribution in [2.75, 3.05) is 0 Å². The van der Waals surface area contributed by atoms with E-state index in [0.717, 1.165) is 6.07 Å². The van der Waals surface area contributed by atoms with E-state index >= 15 is 0 Å². The van der Waals surface area contributed by atoms with Crippen molar-refractivity contribution >= 4 is 0 Å². The lowest BCUT2D eigenvalue weighted by Gasteiger charge is -2.15. The molecule has 0 aliphatic carbocycles. The highest BCUT2D eigenvalue weighted by atomic mass is 19.4. The third kappa shape index (κ3) is 3.40. The van der Waals surface area contributed by atoms with E-state index < -0.39 is 11.7 Å². The summed E-state index contributed by atoms with van der Waals surface area (Å²) in [6.07, 6.45) is -4.62. The minimum absolute atomic E-state index is 0.0631. The van der Waals surface area contributed by atoms with Crippen molar-refractivity contribution in [3.05, 3.63) is 53.6 Å². The predicted octanol–water partition coefficient (Wildman–Crippen LogP) is 5.03. The number of rotatable bonds is 3. The largest absolute Gasteiger partial charge is 0.490 e. The highest BCUT2D eigenvalue weighted by Crippen LogP contribution is 2.38. The van der Waals surface area contributed by atoms with Gasteiger partial charge in [-0.25, -0.2) is 0 Å². The normalized spacial score (nSPS) is 11.3. The molecular formula is C17H14F3NO. The van der Waals surface area contributed by atoms with Crippen LogP contribution in [0.3, 0.4) is 0 Å². The van der Waals surface area contributed by atoms with Gasteiger partial charge in [0.1, 0.15) is 11.8 Å². The molecule has 0 bridgehead atoms. The van der Waals surface area contributed by atoms with Gasteiger partial charge in [-0.1, -0.05) is 24.3 Å².